The molecule has 0 bridgehead atoms. The zero-order valence-corrected chi connectivity index (χ0v) is 13.3. The highest BCUT2D eigenvalue weighted by atomic mass is 19.4. The number of ether oxygens (including phenoxy) is 1. The standard InChI is InChI=1S/C18H16F3NO3/c1-2-25-16(23)17(24,18(19,20)21)14-8-10-15(11-9-14)22-12-13-6-4-3-5-7-13/h3-12,24H,2H2,1H3. The molecular weight excluding hydrogens is 335 g/mol. The van der Waals surface area contributed by atoms with Crippen molar-refractivity contribution in [2.75, 3.05) is 6.61 Å². The summed E-state index contributed by atoms with van der Waals surface area (Å²) >= 11 is 0. The first-order valence-electron chi connectivity index (χ1n) is 7.45. The molecule has 1 atom stereocenters. The van der Waals surface area contributed by atoms with E-state index in [2.05, 4.69) is 9.73 Å². The van der Waals surface area contributed by atoms with Crippen molar-refractivity contribution in [2.45, 2.75) is 18.7 Å². The molecule has 2 aromatic rings. The van der Waals surface area contributed by atoms with Crippen LogP contribution in [0.1, 0.15) is 18.1 Å². The molecule has 0 aliphatic heterocycles. The predicted molar refractivity (Wildman–Crippen MR) is 86.7 cm³/mol. The topological polar surface area (TPSA) is 58.9 Å². The van der Waals surface area contributed by atoms with Crippen molar-refractivity contribution in [3.05, 3.63) is 65.7 Å². The van der Waals surface area contributed by atoms with Crippen molar-refractivity contribution in [3.8, 4) is 0 Å². The molecule has 1 unspecified atom stereocenters. The number of nitrogens with zero attached hydrogens (tertiary/aromatic N) is 1. The van der Waals surface area contributed by atoms with Gasteiger partial charge in [-0.05, 0) is 24.6 Å². The van der Waals surface area contributed by atoms with Gasteiger partial charge in [0.05, 0.1) is 12.3 Å². The van der Waals surface area contributed by atoms with E-state index in [0.717, 1.165) is 17.7 Å². The van der Waals surface area contributed by atoms with Crippen LogP contribution in [0.4, 0.5) is 18.9 Å². The number of halogens is 3. The van der Waals surface area contributed by atoms with Crippen LogP contribution in [0, 0.1) is 0 Å². The molecule has 2 rings (SSSR count). The number of carbonyl (C=O) groups is 1. The lowest BCUT2D eigenvalue weighted by Crippen LogP contribution is -2.50. The minimum absolute atomic E-state index is 0.281. The normalized spacial score (nSPS) is 14.3. The summed E-state index contributed by atoms with van der Waals surface area (Å²) in [4.78, 5) is 15.8. The van der Waals surface area contributed by atoms with Crippen molar-refractivity contribution >= 4 is 17.9 Å². The lowest BCUT2D eigenvalue weighted by atomic mass is 9.93. The van der Waals surface area contributed by atoms with Crippen LogP contribution in [0.2, 0.25) is 0 Å². The number of hydrogen-bond acceptors (Lipinski definition) is 4. The molecule has 0 saturated heterocycles. The number of aliphatic hydroxyl groups is 1. The number of aliphatic imine (C=N–C) groups is 1. The SMILES string of the molecule is CCOC(=O)C(O)(c1ccc(N=Cc2ccccc2)cc1)C(F)(F)F. The van der Waals surface area contributed by atoms with Crippen LogP contribution >= 0.6 is 0 Å². The lowest BCUT2D eigenvalue weighted by Gasteiger charge is -2.28. The summed E-state index contributed by atoms with van der Waals surface area (Å²) < 4.78 is 44.1. The molecule has 0 spiro atoms. The summed E-state index contributed by atoms with van der Waals surface area (Å²) in [6.45, 7) is 1.08. The Bertz CT molecular complexity index is 742. The maximum absolute atomic E-state index is 13.3. The lowest BCUT2D eigenvalue weighted by molar-refractivity contribution is -0.267. The van der Waals surface area contributed by atoms with Gasteiger partial charge in [-0.3, -0.25) is 4.99 Å². The molecule has 0 aromatic heterocycles. The van der Waals surface area contributed by atoms with Gasteiger partial charge in [-0.25, -0.2) is 4.79 Å². The van der Waals surface area contributed by atoms with Crippen LogP contribution in [-0.2, 0) is 15.1 Å². The summed E-state index contributed by atoms with van der Waals surface area (Å²) in [6.07, 6.45) is -3.66. The maximum atomic E-state index is 13.3. The average Bonchev–Trinajstić information content (AvgIpc) is 2.60. The second-order valence-electron chi connectivity index (χ2n) is 5.14. The highest BCUT2D eigenvalue weighted by molar-refractivity contribution is 5.83. The first kappa shape index (κ1) is 18.7. The molecule has 0 aliphatic rings. The van der Waals surface area contributed by atoms with Gasteiger partial charge < -0.3 is 9.84 Å². The number of benzene rings is 2. The van der Waals surface area contributed by atoms with Crippen LogP contribution in [0.3, 0.4) is 0 Å². The number of esters is 1. The molecule has 0 aliphatic carbocycles. The third kappa shape index (κ3) is 4.06. The Hall–Kier alpha value is -2.67. The first-order valence-corrected chi connectivity index (χ1v) is 7.45. The van der Waals surface area contributed by atoms with Crippen LogP contribution < -0.4 is 0 Å². The van der Waals surface area contributed by atoms with E-state index >= 15 is 0 Å². The fourth-order valence-corrected chi connectivity index (χ4v) is 2.11. The Kier molecular flexibility index (Phi) is 5.58. The second-order valence-corrected chi connectivity index (χ2v) is 5.14. The number of alkyl halides is 3. The van der Waals surface area contributed by atoms with Crippen molar-refractivity contribution < 1.29 is 27.8 Å². The maximum Gasteiger partial charge on any atom is 0.432 e. The van der Waals surface area contributed by atoms with Crippen LogP contribution in [-0.4, -0.2) is 30.1 Å². The van der Waals surface area contributed by atoms with Gasteiger partial charge in [-0.1, -0.05) is 42.5 Å². The van der Waals surface area contributed by atoms with E-state index in [1.807, 2.05) is 30.3 Å². The van der Waals surface area contributed by atoms with Gasteiger partial charge in [0.1, 0.15) is 0 Å². The molecule has 0 heterocycles. The van der Waals surface area contributed by atoms with Crippen LogP contribution in [0.25, 0.3) is 0 Å². The predicted octanol–water partition coefficient (Wildman–Crippen LogP) is 3.75. The molecule has 0 fully saturated rings. The smallest absolute Gasteiger partial charge is 0.432 e. The quantitative estimate of drug-likeness (QED) is 0.659. The molecule has 0 saturated carbocycles. The fourth-order valence-electron chi connectivity index (χ4n) is 2.11. The monoisotopic (exact) mass is 351 g/mol. The van der Waals surface area contributed by atoms with Crippen LogP contribution in [0.15, 0.2) is 59.6 Å². The highest BCUT2D eigenvalue weighted by Gasteiger charge is 2.62. The van der Waals surface area contributed by atoms with Crippen molar-refractivity contribution in [2.24, 2.45) is 4.99 Å². The fraction of sp³-hybridized carbons (Fsp3) is 0.222. The van der Waals surface area contributed by atoms with E-state index in [9.17, 15) is 23.1 Å². The van der Waals surface area contributed by atoms with Crippen LogP contribution in [0.5, 0.6) is 0 Å². The minimum Gasteiger partial charge on any atom is -0.463 e. The Balaban J connectivity index is 2.30. The third-order valence-electron chi connectivity index (χ3n) is 3.43. The molecule has 1 N–H and O–H groups in total. The molecule has 4 nitrogen and oxygen atoms in total. The number of hydrogen-bond donors (Lipinski definition) is 1. The minimum atomic E-state index is -5.21. The van der Waals surface area contributed by atoms with Crippen molar-refractivity contribution in [1.29, 1.82) is 0 Å². The van der Waals surface area contributed by atoms with Gasteiger partial charge in [0, 0.05) is 11.8 Å². The van der Waals surface area contributed by atoms with Gasteiger partial charge in [-0.2, -0.15) is 13.2 Å². The third-order valence-corrected chi connectivity index (χ3v) is 3.43. The Morgan fingerprint density at radius 3 is 2.24 bits per heavy atom. The molecular formula is C18H16F3NO3. The van der Waals surface area contributed by atoms with E-state index in [1.165, 1.54) is 19.1 Å². The zero-order chi connectivity index (χ0) is 18.5. The van der Waals surface area contributed by atoms with Gasteiger partial charge in [0.25, 0.3) is 5.60 Å². The summed E-state index contributed by atoms with van der Waals surface area (Å²) in [5.74, 6) is -1.76. The number of rotatable bonds is 5. The summed E-state index contributed by atoms with van der Waals surface area (Å²) in [7, 11) is 0. The second kappa shape index (κ2) is 7.48. The van der Waals surface area contributed by atoms with Gasteiger partial charge in [0.2, 0.25) is 0 Å². The van der Waals surface area contributed by atoms with E-state index in [-0.39, 0.29) is 6.61 Å². The molecule has 25 heavy (non-hydrogen) atoms. The molecule has 7 heteroatoms. The largest absolute Gasteiger partial charge is 0.463 e. The summed E-state index contributed by atoms with van der Waals surface area (Å²) in [5, 5.41) is 9.98. The highest BCUT2D eigenvalue weighted by Crippen LogP contribution is 2.40. The van der Waals surface area contributed by atoms with E-state index < -0.39 is 23.3 Å². The van der Waals surface area contributed by atoms with Gasteiger partial charge in [0.15, 0.2) is 0 Å². The van der Waals surface area contributed by atoms with Crippen molar-refractivity contribution in [3.63, 3.8) is 0 Å². The molecule has 0 amide bonds. The van der Waals surface area contributed by atoms with Gasteiger partial charge in [-0.15, -0.1) is 0 Å². The van der Waals surface area contributed by atoms with E-state index in [0.29, 0.717) is 5.69 Å². The molecule has 0 radical (unpaired) electrons. The van der Waals surface area contributed by atoms with Crippen molar-refractivity contribution in [1.82, 2.24) is 0 Å². The Morgan fingerprint density at radius 2 is 1.72 bits per heavy atom. The Morgan fingerprint density at radius 1 is 1.12 bits per heavy atom. The first-order chi connectivity index (χ1) is 11.8. The number of carbonyl (C=O) groups excluding carboxylic acids is 1. The van der Waals surface area contributed by atoms with E-state index in [4.69, 9.17) is 0 Å². The van der Waals surface area contributed by atoms with E-state index in [1.54, 1.807) is 6.21 Å². The zero-order valence-electron chi connectivity index (χ0n) is 13.3. The molecule has 2 aromatic carbocycles. The summed E-state index contributed by atoms with van der Waals surface area (Å²) in [6, 6.07) is 13.7. The van der Waals surface area contributed by atoms with Gasteiger partial charge >= 0.3 is 12.1 Å². The average molecular weight is 351 g/mol. The molecule has 132 valence electrons. The Labute approximate surface area is 142 Å². The summed E-state index contributed by atoms with van der Waals surface area (Å²) in [5.41, 5.74) is -3.15.